The van der Waals surface area contributed by atoms with Gasteiger partial charge in [-0.2, -0.15) is 0 Å². The van der Waals surface area contributed by atoms with Gasteiger partial charge in [-0.1, -0.05) is 29.3 Å². The van der Waals surface area contributed by atoms with Crippen molar-refractivity contribution in [2.45, 2.75) is 32.6 Å². The molecule has 3 rings (SSSR count). The van der Waals surface area contributed by atoms with Crippen LogP contribution in [0.4, 0.5) is 0 Å². The standard InChI is InChI=1S/C20H20ClNO2/c1-13-7-8-18(21)17-10-14(11-19(23)20(13)17)9-15-5-3-4-6-16(24-2)12-22-15/h4,6-9,12H,3,5,10-11H2,1-2H3/b6-4?,14-9+,16-12?,22-15?. The highest BCUT2D eigenvalue weighted by Gasteiger charge is 2.24. The number of hydrogen-bond acceptors (Lipinski definition) is 3. The van der Waals surface area contributed by atoms with E-state index in [1.54, 1.807) is 13.3 Å². The SMILES string of the molecule is COC1=CN=C(/C=C2/CC(=O)c3c(C)ccc(Cl)c3C2)CCC=C1. The van der Waals surface area contributed by atoms with Crippen molar-refractivity contribution in [2.75, 3.05) is 7.11 Å². The topological polar surface area (TPSA) is 38.7 Å². The lowest BCUT2D eigenvalue weighted by atomic mass is 9.84. The summed E-state index contributed by atoms with van der Waals surface area (Å²) in [7, 11) is 1.63. The van der Waals surface area contributed by atoms with E-state index < -0.39 is 0 Å². The van der Waals surface area contributed by atoms with Gasteiger partial charge in [0.15, 0.2) is 5.78 Å². The van der Waals surface area contributed by atoms with E-state index in [0.717, 1.165) is 46.6 Å². The number of ketones is 1. The number of carbonyl (C=O) groups is 1. The summed E-state index contributed by atoms with van der Waals surface area (Å²) in [6.45, 7) is 1.96. The van der Waals surface area contributed by atoms with Gasteiger partial charge in [-0.15, -0.1) is 0 Å². The summed E-state index contributed by atoms with van der Waals surface area (Å²) in [6.07, 6.45) is 10.6. The normalized spacial score (nSPS) is 19.3. The first-order chi connectivity index (χ1) is 11.6. The van der Waals surface area contributed by atoms with Crippen LogP contribution in [0.15, 0.2) is 52.9 Å². The molecule has 0 fully saturated rings. The first-order valence-corrected chi connectivity index (χ1v) is 8.44. The Bertz CT molecular complexity index is 800. The molecule has 3 nitrogen and oxygen atoms in total. The lowest BCUT2D eigenvalue weighted by Crippen LogP contribution is -2.16. The lowest BCUT2D eigenvalue weighted by molar-refractivity contribution is 0.0987. The molecule has 1 heterocycles. The fraction of sp³-hybridized carbons (Fsp3) is 0.300. The lowest BCUT2D eigenvalue weighted by Gasteiger charge is -2.21. The Kier molecular flexibility index (Phi) is 5.00. The molecule has 0 saturated carbocycles. The number of methoxy groups -OCH3 is 1. The minimum Gasteiger partial charge on any atom is -0.495 e. The van der Waals surface area contributed by atoms with Crippen molar-refractivity contribution in [3.8, 4) is 0 Å². The zero-order chi connectivity index (χ0) is 17.1. The van der Waals surface area contributed by atoms with E-state index in [1.165, 1.54) is 0 Å². The number of ether oxygens (including phenoxy) is 1. The molecule has 0 amide bonds. The summed E-state index contributed by atoms with van der Waals surface area (Å²) < 4.78 is 5.23. The van der Waals surface area contributed by atoms with Crippen molar-refractivity contribution >= 4 is 23.1 Å². The molecule has 0 radical (unpaired) electrons. The molecule has 0 aromatic heterocycles. The van der Waals surface area contributed by atoms with Crippen molar-refractivity contribution in [3.05, 3.63) is 69.6 Å². The summed E-state index contributed by atoms with van der Waals surface area (Å²) in [4.78, 5) is 17.1. The second-order valence-corrected chi connectivity index (χ2v) is 6.50. The number of benzene rings is 1. The Morgan fingerprint density at radius 1 is 1.29 bits per heavy atom. The van der Waals surface area contributed by atoms with Gasteiger partial charge in [0.2, 0.25) is 0 Å². The number of allylic oxidation sites excluding steroid dienone is 4. The second-order valence-electron chi connectivity index (χ2n) is 6.09. The molecule has 24 heavy (non-hydrogen) atoms. The van der Waals surface area contributed by atoms with Gasteiger partial charge in [0.05, 0.1) is 13.3 Å². The zero-order valence-electron chi connectivity index (χ0n) is 13.9. The van der Waals surface area contributed by atoms with Gasteiger partial charge in [0, 0.05) is 22.7 Å². The van der Waals surface area contributed by atoms with Crippen molar-refractivity contribution in [2.24, 2.45) is 4.99 Å². The average Bonchev–Trinajstić information content (AvgIpc) is 2.54. The number of aryl methyl sites for hydroxylation is 1. The average molecular weight is 342 g/mol. The van der Waals surface area contributed by atoms with Crippen LogP contribution >= 0.6 is 11.6 Å². The molecule has 1 aromatic carbocycles. The first kappa shape index (κ1) is 16.7. The molecule has 1 aromatic rings. The number of Topliss-reactive ketones (excluding diaryl/α,β-unsaturated/α-hetero) is 1. The van der Waals surface area contributed by atoms with Crippen LogP contribution in [-0.4, -0.2) is 18.6 Å². The number of halogens is 1. The zero-order valence-corrected chi connectivity index (χ0v) is 14.7. The third-order valence-electron chi connectivity index (χ3n) is 4.35. The predicted molar refractivity (Wildman–Crippen MR) is 97.8 cm³/mol. The molecule has 0 atom stereocenters. The Morgan fingerprint density at radius 3 is 2.92 bits per heavy atom. The van der Waals surface area contributed by atoms with Crippen LogP contribution in [0.25, 0.3) is 0 Å². The molecule has 1 aliphatic heterocycles. The van der Waals surface area contributed by atoms with Gasteiger partial charge in [0.1, 0.15) is 5.76 Å². The second kappa shape index (κ2) is 7.18. The van der Waals surface area contributed by atoms with Crippen LogP contribution in [0.3, 0.4) is 0 Å². The van der Waals surface area contributed by atoms with E-state index in [1.807, 2.05) is 31.2 Å². The maximum absolute atomic E-state index is 12.5. The van der Waals surface area contributed by atoms with Crippen LogP contribution in [0, 0.1) is 6.92 Å². The molecular weight excluding hydrogens is 322 g/mol. The minimum atomic E-state index is 0.141. The van der Waals surface area contributed by atoms with Crippen LogP contribution in [0.5, 0.6) is 0 Å². The maximum atomic E-state index is 12.5. The van der Waals surface area contributed by atoms with Crippen LogP contribution < -0.4 is 0 Å². The molecule has 0 saturated heterocycles. The van der Waals surface area contributed by atoms with E-state index in [2.05, 4.69) is 11.1 Å². The molecular formula is C20H20ClNO2. The fourth-order valence-corrected chi connectivity index (χ4v) is 3.36. The predicted octanol–water partition coefficient (Wildman–Crippen LogP) is 4.98. The van der Waals surface area contributed by atoms with E-state index >= 15 is 0 Å². The Morgan fingerprint density at radius 2 is 2.12 bits per heavy atom. The number of fused-ring (bicyclic) bond motifs is 1. The Labute approximate surface area is 147 Å². The smallest absolute Gasteiger partial charge is 0.167 e. The van der Waals surface area contributed by atoms with E-state index in [0.29, 0.717) is 17.9 Å². The van der Waals surface area contributed by atoms with Crippen LogP contribution in [-0.2, 0) is 11.2 Å². The molecule has 1 aliphatic carbocycles. The van der Waals surface area contributed by atoms with Crippen LogP contribution in [0.1, 0.15) is 40.7 Å². The van der Waals surface area contributed by atoms with E-state index in [4.69, 9.17) is 16.3 Å². The van der Waals surface area contributed by atoms with Crippen molar-refractivity contribution in [3.63, 3.8) is 0 Å². The molecule has 124 valence electrons. The number of carbonyl (C=O) groups excluding carboxylic acids is 1. The van der Waals surface area contributed by atoms with Crippen molar-refractivity contribution in [1.82, 2.24) is 0 Å². The summed E-state index contributed by atoms with van der Waals surface area (Å²) in [5.41, 5.74) is 4.77. The molecule has 0 unspecified atom stereocenters. The number of nitrogens with zero attached hydrogens (tertiary/aromatic N) is 1. The number of aliphatic imine (C=N–C) groups is 1. The highest BCUT2D eigenvalue weighted by Crippen LogP contribution is 2.32. The largest absolute Gasteiger partial charge is 0.495 e. The quantitative estimate of drug-likeness (QED) is 0.760. The fourth-order valence-electron chi connectivity index (χ4n) is 3.14. The highest BCUT2D eigenvalue weighted by atomic mass is 35.5. The summed E-state index contributed by atoms with van der Waals surface area (Å²) in [5, 5.41) is 0.665. The van der Waals surface area contributed by atoms with Gasteiger partial charge in [-0.05, 0) is 55.5 Å². The molecule has 0 bridgehead atoms. The summed E-state index contributed by atoms with van der Waals surface area (Å²) in [6, 6.07) is 3.79. The Balaban J connectivity index is 1.92. The third-order valence-corrected chi connectivity index (χ3v) is 4.70. The highest BCUT2D eigenvalue weighted by molar-refractivity contribution is 6.32. The van der Waals surface area contributed by atoms with Gasteiger partial charge in [-0.3, -0.25) is 9.79 Å². The van der Waals surface area contributed by atoms with Crippen molar-refractivity contribution < 1.29 is 9.53 Å². The maximum Gasteiger partial charge on any atom is 0.167 e. The number of hydrogen-bond donors (Lipinski definition) is 0. The summed E-state index contributed by atoms with van der Waals surface area (Å²) in [5.74, 6) is 0.872. The van der Waals surface area contributed by atoms with E-state index in [-0.39, 0.29) is 5.78 Å². The molecule has 2 aliphatic rings. The van der Waals surface area contributed by atoms with Gasteiger partial charge in [0.25, 0.3) is 0 Å². The minimum absolute atomic E-state index is 0.141. The monoisotopic (exact) mass is 341 g/mol. The van der Waals surface area contributed by atoms with Crippen molar-refractivity contribution in [1.29, 1.82) is 0 Å². The Hall–Kier alpha value is -2.13. The first-order valence-electron chi connectivity index (χ1n) is 8.06. The van der Waals surface area contributed by atoms with Crippen LogP contribution in [0.2, 0.25) is 5.02 Å². The third kappa shape index (κ3) is 3.51. The molecule has 0 spiro atoms. The number of rotatable bonds is 2. The van der Waals surface area contributed by atoms with Gasteiger partial charge >= 0.3 is 0 Å². The van der Waals surface area contributed by atoms with E-state index in [9.17, 15) is 4.79 Å². The summed E-state index contributed by atoms with van der Waals surface area (Å²) >= 11 is 6.33. The van der Waals surface area contributed by atoms with Gasteiger partial charge in [-0.25, -0.2) is 0 Å². The molecule has 4 heteroatoms. The molecule has 0 N–H and O–H groups in total. The van der Waals surface area contributed by atoms with Gasteiger partial charge < -0.3 is 4.74 Å².